The van der Waals surface area contributed by atoms with E-state index in [1.165, 1.54) is 23.9 Å². The van der Waals surface area contributed by atoms with Crippen LogP contribution in [0.3, 0.4) is 0 Å². The lowest BCUT2D eigenvalue weighted by atomic mass is 10.3. The minimum absolute atomic E-state index is 0.756. The highest BCUT2D eigenvalue weighted by Crippen LogP contribution is 2.45. The second-order valence-corrected chi connectivity index (χ2v) is 4.68. The molecule has 0 spiro atoms. The van der Waals surface area contributed by atoms with Crippen LogP contribution in [0.5, 0.6) is 0 Å². The van der Waals surface area contributed by atoms with E-state index in [1.54, 1.807) is 0 Å². The molecule has 0 aromatic heterocycles. The Hall–Kier alpha value is 0.460. The van der Waals surface area contributed by atoms with Crippen molar-refractivity contribution in [1.82, 2.24) is 4.13 Å². The fourth-order valence-corrected chi connectivity index (χ4v) is 3.29. The predicted molar refractivity (Wildman–Crippen MR) is 51.3 cm³/mol. The molecule has 1 heterocycles. The molecule has 0 bridgehead atoms. The molecule has 1 N–H and O–H groups in total. The number of fused-ring (bicyclic) bond motifs is 1. The zero-order valence-corrected chi connectivity index (χ0v) is 8.37. The van der Waals surface area contributed by atoms with E-state index >= 15 is 0 Å². The molecule has 58 valence electrons. The quantitative estimate of drug-likeness (QED) is 0.676. The van der Waals surface area contributed by atoms with Crippen molar-refractivity contribution in [3.63, 3.8) is 0 Å². The van der Waals surface area contributed by atoms with E-state index in [-0.39, 0.29) is 0 Å². The maximum atomic E-state index is 5.91. The van der Waals surface area contributed by atoms with Gasteiger partial charge in [-0.15, -0.1) is 0 Å². The Morgan fingerprint density at radius 2 is 1.45 bits per heavy atom. The molecule has 0 radical (unpaired) electrons. The number of hydrogen-bond acceptors (Lipinski definition) is 3. The third-order valence-corrected chi connectivity index (χ3v) is 4.21. The lowest BCUT2D eigenvalue weighted by Gasteiger charge is -1.99. The molecular formula is C6H3Cl2NS2. The zero-order chi connectivity index (χ0) is 7.84. The van der Waals surface area contributed by atoms with Crippen LogP contribution in [0.1, 0.15) is 0 Å². The normalized spacial score (nSPS) is 15.1. The summed E-state index contributed by atoms with van der Waals surface area (Å²) in [7, 11) is 0. The molecule has 1 aromatic rings. The van der Waals surface area contributed by atoms with Crippen molar-refractivity contribution < 1.29 is 0 Å². The van der Waals surface area contributed by atoms with Crippen LogP contribution in [-0.4, -0.2) is 0 Å². The molecule has 0 saturated heterocycles. The van der Waals surface area contributed by atoms with Crippen LogP contribution < -0.4 is 4.13 Å². The van der Waals surface area contributed by atoms with E-state index in [9.17, 15) is 0 Å². The monoisotopic (exact) mass is 223 g/mol. The first-order valence-electron chi connectivity index (χ1n) is 2.86. The van der Waals surface area contributed by atoms with Gasteiger partial charge in [0.05, 0.1) is 19.8 Å². The molecule has 0 saturated carbocycles. The predicted octanol–water partition coefficient (Wildman–Crippen LogP) is 3.61. The van der Waals surface area contributed by atoms with E-state index in [0.29, 0.717) is 0 Å². The number of nitrogens with one attached hydrogen (secondary N) is 1. The van der Waals surface area contributed by atoms with E-state index in [0.717, 1.165) is 19.8 Å². The van der Waals surface area contributed by atoms with E-state index < -0.39 is 0 Å². The highest BCUT2D eigenvalue weighted by Gasteiger charge is 2.18. The summed E-state index contributed by atoms with van der Waals surface area (Å²) in [6.45, 7) is 0. The molecule has 5 heteroatoms. The van der Waals surface area contributed by atoms with Crippen molar-refractivity contribution in [3.8, 4) is 0 Å². The van der Waals surface area contributed by atoms with Gasteiger partial charge < -0.3 is 0 Å². The topological polar surface area (TPSA) is 12.0 Å². The maximum absolute atomic E-state index is 5.91. The maximum Gasteiger partial charge on any atom is 0.0587 e. The molecule has 1 aromatic carbocycles. The van der Waals surface area contributed by atoms with E-state index in [2.05, 4.69) is 4.13 Å². The van der Waals surface area contributed by atoms with Gasteiger partial charge in [-0.3, -0.25) is 0 Å². The van der Waals surface area contributed by atoms with Gasteiger partial charge in [0.25, 0.3) is 0 Å². The number of benzene rings is 1. The Morgan fingerprint density at radius 1 is 1.00 bits per heavy atom. The van der Waals surface area contributed by atoms with Gasteiger partial charge in [-0.05, 0) is 36.0 Å². The minimum Gasteiger partial charge on any atom is -0.199 e. The van der Waals surface area contributed by atoms with E-state index in [4.69, 9.17) is 23.2 Å². The number of hydrogen-bond donors (Lipinski definition) is 1. The van der Waals surface area contributed by atoms with Gasteiger partial charge in [0.15, 0.2) is 0 Å². The molecular weight excluding hydrogens is 221 g/mol. The molecule has 0 unspecified atom stereocenters. The Labute approximate surface area is 83.1 Å². The second kappa shape index (κ2) is 3.07. The molecule has 1 aliphatic heterocycles. The van der Waals surface area contributed by atoms with Crippen molar-refractivity contribution in [1.29, 1.82) is 0 Å². The molecule has 0 fully saturated rings. The van der Waals surface area contributed by atoms with Crippen molar-refractivity contribution in [2.45, 2.75) is 9.79 Å². The van der Waals surface area contributed by atoms with Crippen LogP contribution in [0.15, 0.2) is 21.9 Å². The summed E-state index contributed by atoms with van der Waals surface area (Å²) in [6, 6.07) is 3.62. The fourth-order valence-electron chi connectivity index (χ4n) is 0.809. The van der Waals surface area contributed by atoms with Crippen LogP contribution in [0.4, 0.5) is 0 Å². The van der Waals surface area contributed by atoms with Gasteiger partial charge >= 0.3 is 0 Å². The zero-order valence-electron chi connectivity index (χ0n) is 5.23. The molecule has 11 heavy (non-hydrogen) atoms. The van der Waals surface area contributed by atoms with Gasteiger partial charge in [0.2, 0.25) is 0 Å². The number of halogens is 2. The Morgan fingerprint density at radius 3 is 1.91 bits per heavy atom. The highest BCUT2D eigenvalue weighted by atomic mass is 35.5. The summed E-state index contributed by atoms with van der Waals surface area (Å²) in [5.74, 6) is 0. The summed E-state index contributed by atoms with van der Waals surface area (Å²) >= 11 is 14.8. The third-order valence-electron chi connectivity index (χ3n) is 1.30. The van der Waals surface area contributed by atoms with E-state index in [1.807, 2.05) is 12.1 Å². The van der Waals surface area contributed by atoms with Crippen LogP contribution in [0, 0.1) is 0 Å². The third kappa shape index (κ3) is 1.36. The standard InChI is InChI=1S/C6H3Cl2NS2/c7-3-1-2-4(8)6-5(3)10-9-11-6/h1-2,9H. The minimum atomic E-state index is 0.756. The average molecular weight is 224 g/mol. The Kier molecular flexibility index (Phi) is 2.25. The van der Waals surface area contributed by atoms with Gasteiger partial charge in [-0.1, -0.05) is 23.2 Å². The van der Waals surface area contributed by atoms with Crippen LogP contribution >= 0.6 is 47.1 Å². The first-order chi connectivity index (χ1) is 5.29. The summed E-state index contributed by atoms with van der Waals surface area (Å²) in [4.78, 5) is 2.06. The lowest BCUT2D eigenvalue weighted by molar-refractivity contribution is 1.27. The van der Waals surface area contributed by atoms with Crippen molar-refractivity contribution in [2.75, 3.05) is 0 Å². The lowest BCUT2D eigenvalue weighted by Crippen LogP contribution is -1.74. The molecule has 1 aliphatic rings. The smallest absolute Gasteiger partial charge is 0.0587 e. The first-order valence-corrected chi connectivity index (χ1v) is 5.24. The molecule has 1 nitrogen and oxygen atoms in total. The van der Waals surface area contributed by atoms with Gasteiger partial charge in [-0.2, -0.15) is 4.13 Å². The van der Waals surface area contributed by atoms with Crippen LogP contribution in [0.2, 0.25) is 10.0 Å². The van der Waals surface area contributed by atoms with Gasteiger partial charge in [0.1, 0.15) is 0 Å². The SMILES string of the molecule is Clc1ccc(Cl)c2c1SNS2. The number of rotatable bonds is 0. The first kappa shape index (κ1) is 8.08. The second-order valence-electron chi connectivity index (χ2n) is 1.97. The molecule has 2 rings (SSSR count). The Balaban J connectivity index is 2.64. The summed E-state index contributed by atoms with van der Waals surface area (Å²) < 4.78 is 3.03. The van der Waals surface area contributed by atoms with Gasteiger partial charge in [-0.25, -0.2) is 0 Å². The average Bonchev–Trinajstić information content (AvgIpc) is 2.45. The fraction of sp³-hybridized carbons (Fsp3) is 0. The largest absolute Gasteiger partial charge is 0.199 e. The molecule has 0 atom stereocenters. The highest BCUT2D eigenvalue weighted by molar-refractivity contribution is 8.15. The summed E-state index contributed by atoms with van der Waals surface area (Å²) in [6.07, 6.45) is 0. The molecule has 0 amide bonds. The van der Waals surface area contributed by atoms with Gasteiger partial charge in [0, 0.05) is 0 Å². The Bertz CT molecular complexity index is 274. The van der Waals surface area contributed by atoms with Crippen LogP contribution in [-0.2, 0) is 0 Å². The summed E-state index contributed by atoms with van der Waals surface area (Å²) in [5, 5.41) is 1.51. The summed E-state index contributed by atoms with van der Waals surface area (Å²) in [5.41, 5.74) is 0. The van der Waals surface area contributed by atoms with Crippen molar-refractivity contribution in [2.24, 2.45) is 0 Å². The van der Waals surface area contributed by atoms with Crippen molar-refractivity contribution in [3.05, 3.63) is 22.2 Å². The van der Waals surface area contributed by atoms with Crippen molar-refractivity contribution >= 4 is 47.1 Å². The van der Waals surface area contributed by atoms with Crippen LogP contribution in [0.25, 0.3) is 0 Å². The molecule has 0 aliphatic carbocycles.